The summed E-state index contributed by atoms with van der Waals surface area (Å²) in [4.78, 5) is 36.3. The van der Waals surface area contributed by atoms with Crippen LogP contribution in [0, 0.1) is 0 Å². The molecule has 0 bridgehead atoms. The van der Waals surface area contributed by atoms with Gasteiger partial charge in [-0.05, 0) is 113 Å². The van der Waals surface area contributed by atoms with Crippen LogP contribution in [0.4, 0.5) is 4.79 Å². The highest BCUT2D eigenvalue weighted by Gasteiger charge is 2.07. The molecule has 0 atom stereocenters. The van der Waals surface area contributed by atoms with E-state index in [-0.39, 0.29) is 17.9 Å². The van der Waals surface area contributed by atoms with Crippen LogP contribution in [0.3, 0.4) is 0 Å². The molecule has 1 heterocycles. The molecule has 3 amide bonds. The highest BCUT2D eigenvalue weighted by atomic mass is 35.5. The normalized spacial score (nSPS) is 10.8. The van der Waals surface area contributed by atoms with Crippen LogP contribution in [0.15, 0.2) is 40.6 Å². The fourth-order valence-electron chi connectivity index (χ4n) is 3.92. The van der Waals surface area contributed by atoms with Crippen LogP contribution in [0.25, 0.3) is 0 Å². The molecule has 0 saturated carbocycles. The fraction of sp³-hybridized carbons (Fsp3) is 0.567. The third kappa shape index (κ3) is 18.8. The van der Waals surface area contributed by atoms with Crippen LogP contribution in [0.5, 0.6) is 0 Å². The quantitative estimate of drug-likeness (QED) is 0.0709. The summed E-state index contributed by atoms with van der Waals surface area (Å²) in [6.45, 7) is 6.41. The minimum atomic E-state index is -0.385. The van der Waals surface area contributed by atoms with Crippen molar-refractivity contribution in [3.8, 4) is 0 Å². The molecule has 0 aliphatic rings. The zero-order valence-corrected chi connectivity index (χ0v) is 27.5. The van der Waals surface area contributed by atoms with Crippen LogP contribution in [-0.4, -0.2) is 70.8 Å². The Morgan fingerprint density at radius 2 is 1.40 bits per heavy atom. The van der Waals surface area contributed by atoms with Gasteiger partial charge in [0.05, 0.1) is 17.9 Å². The SMILES string of the molecule is COC(=O)NCCCNCCCCNCCCNC(=O)CCCCCNSc1ccc(CNC(=O)c2ccc(Cl)cc2)s1. The number of rotatable bonds is 24. The average molecular weight is 655 g/mol. The van der Waals surface area contributed by atoms with Crippen LogP contribution in [0.2, 0.25) is 5.02 Å². The Kier molecular flexibility index (Phi) is 20.6. The Balaban J connectivity index is 1.33. The van der Waals surface area contributed by atoms with Crippen LogP contribution in [-0.2, 0) is 16.1 Å². The first-order valence-corrected chi connectivity index (χ1v) is 17.0. The summed E-state index contributed by atoms with van der Waals surface area (Å²) in [5, 5.41) is 16.0. The summed E-state index contributed by atoms with van der Waals surface area (Å²) < 4.78 is 9.06. The van der Waals surface area contributed by atoms with Gasteiger partial charge in [0, 0.05) is 41.5 Å². The zero-order valence-electron chi connectivity index (χ0n) is 25.1. The first-order valence-electron chi connectivity index (χ1n) is 15.0. The van der Waals surface area contributed by atoms with Gasteiger partial charge in [0.2, 0.25) is 5.91 Å². The molecule has 1 aromatic heterocycles. The number of nitrogens with one attached hydrogen (secondary N) is 6. The smallest absolute Gasteiger partial charge is 0.406 e. The number of ether oxygens (including phenoxy) is 1. The molecule has 0 aliphatic carbocycles. The number of halogens is 1. The van der Waals surface area contributed by atoms with Gasteiger partial charge in [0.1, 0.15) is 0 Å². The molecule has 0 spiro atoms. The highest BCUT2D eigenvalue weighted by molar-refractivity contribution is 7.99. The molecule has 10 nitrogen and oxygen atoms in total. The molecule has 0 unspecified atom stereocenters. The number of benzene rings is 1. The predicted molar refractivity (Wildman–Crippen MR) is 177 cm³/mol. The third-order valence-corrected chi connectivity index (χ3v) is 8.63. The molecular formula is C30H47ClN6O4S2. The Labute approximate surface area is 269 Å². The van der Waals surface area contributed by atoms with Crippen molar-refractivity contribution in [3.05, 3.63) is 51.9 Å². The summed E-state index contributed by atoms with van der Waals surface area (Å²) in [6, 6.07) is 10.9. The number of amides is 3. The van der Waals surface area contributed by atoms with Crippen molar-refractivity contribution < 1.29 is 19.1 Å². The maximum Gasteiger partial charge on any atom is 0.406 e. The van der Waals surface area contributed by atoms with Gasteiger partial charge in [-0.1, -0.05) is 18.0 Å². The number of alkyl carbamates (subject to hydrolysis) is 1. The van der Waals surface area contributed by atoms with Gasteiger partial charge in [-0.25, -0.2) is 4.79 Å². The Morgan fingerprint density at radius 3 is 2.09 bits per heavy atom. The van der Waals surface area contributed by atoms with Gasteiger partial charge in [-0.3, -0.25) is 14.3 Å². The highest BCUT2D eigenvalue weighted by Crippen LogP contribution is 2.25. The Hall–Kier alpha value is -2.35. The van der Waals surface area contributed by atoms with Crippen molar-refractivity contribution in [3.63, 3.8) is 0 Å². The zero-order chi connectivity index (χ0) is 31.0. The maximum absolute atomic E-state index is 12.2. The molecular weight excluding hydrogens is 608 g/mol. The van der Waals surface area contributed by atoms with Crippen LogP contribution < -0.4 is 31.3 Å². The first-order chi connectivity index (χ1) is 21.0. The average Bonchev–Trinajstić information content (AvgIpc) is 3.47. The molecule has 0 radical (unpaired) electrons. The van der Waals surface area contributed by atoms with Crippen molar-refractivity contribution >= 4 is 52.8 Å². The van der Waals surface area contributed by atoms with Gasteiger partial charge in [-0.2, -0.15) is 0 Å². The number of carbonyl (C=O) groups is 3. The largest absolute Gasteiger partial charge is 0.453 e. The van der Waals surface area contributed by atoms with Gasteiger partial charge in [0.15, 0.2) is 0 Å². The van der Waals surface area contributed by atoms with Gasteiger partial charge >= 0.3 is 6.09 Å². The first kappa shape index (κ1) is 36.8. The van der Waals surface area contributed by atoms with E-state index in [9.17, 15) is 14.4 Å². The van der Waals surface area contributed by atoms with E-state index in [4.69, 9.17) is 11.6 Å². The molecule has 0 fully saturated rings. The van der Waals surface area contributed by atoms with E-state index < -0.39 is 0 Å². The third-order valence-electron chi connectivity index (χ3n) is 6.32. The molecule has 43 heavy (non-hydrogen) atoms. The second-order valence-corrected chi connectivity index (χ2v) is 12.7. The second kappa shape index (κ2) is 24.0. The number of methoxy groups -OCH3 is 1. The van der Waals surface area contributed by atoms with Gasteiger partial charge in [-0.15, -0.1) is 11.3 Å². The van der Waals surface area contributed by atoms with Crippen molar-refractivity contribution in [1.29, 1.82) is 0 Å². The summed E-state index contributed by atoms with van der Waals surface area (Å²) in [5.74, 6) is 0.0140. The number of hydrogen-bond acceptors (Lipinski definition) is 9. The number of thiophene rings is 1. The monoisotopic (exact) mass is 654 g/mol. The standard InChI is InChI=1S/C30H47ClN6O4S2/c1-41-30(40)35-21-8-19-33-17-6-5-16-32-18-7-20-34-27(38)9-3-2-4-22-37-43-28-15-14-26(42-28)23-36-29(39)24-10-12-25(31)13-11-24/h10-15,32-33,37H,2-9,16-23H2,1H3,(H,34,38)(H,35,40)(H,36,39). The molecule has 6 N–H and O–H groups in total. The summed E-state index contributed by atoms with van der Waals surface area (Å²) in [5.41, 5.74) is 0.593. The summed E-state index contributed by atoms with van der Waals surface area (Å²) in [7, 11) is 1.36. The lowest BCUT2D eigenvalue weighted by atomic mass is 10.2. The van der Waals surface area contributed by atoms with Crippen molar-refractivity contribution in [1.82, 2.24) is 31.3 Å². The topological polar surface area (TPSA) is 133 Å². The predicted octanol–water partition coefficient (Wildman–Crippen LogP) is 4.70. The molecule has 2 rings (SSSR count). The molecule has 13 heteroatoms. The van der Waals surface area contributed by atoms with E-state index in [1.165, 1.54) is 7.11 Å². The van der Waals surface area contributed by atoms with E-state index in [0.29, 0.717) is 36.6 Å². The Bertz CT molecular complexity index is 1060. The van der Waals surface area contributed by atoms with E-state index in [0.717, 1.165) is 86.8 Å². The van der Waals surface area contributed by atoms with E-state index in [1.807, 2.05) is 6.07 Å². The second-order valence-electron chi connectivity index (χ2n) is 9.90. The number of unbranched alkanes of at least 4 members (excludes halogenated alkanes) is 3. The van der Waals surface area contributed by atoms with Crippen molar-refractivity contribution in [2.75, 3.05) is 52.9 Å². The van der Waals surface area contributed by atoms with Gasteiger partial charge < -0.3 is 31.3 Å². The maximum atomic E-state index is 12.2. The minimum absolute atomic E-state index is 0.115. The van der Waals surface area contributed by atoms with Gasteiger partial charge in [0.25, 0.3) is 5.91 Å². The van der Waals surface area contributed by atoms with E-state index in [1.54, 1.807) is 47.6 Å². The van der Waals surface area contributed by atoms with Crippen LogP contribution >= 0.6 is 34.9 Å². The summed E-state index contributed by atoms with van der Waals surface area (Å²) >= 11 is 9.14. The molecule has 1 aromatic carbocycles. The molecule has 240 valence electrons. The van der Waals surface area contributed by atoms with E-state index >= 15 is 0 Å². The Morgan fingerprint density at radius 1 is 0.744 bits per heavy atom. The van der Waals surface area contributed by atoms with Crippen molar-refractivity contribution in [2.45, 2.75) is 62.1 Å². The number of carbonyl (C=O) groups excluding carboxylic acids is 3. The van der Waals surface area contributed by atoms with E-state index in [2.05, 4.69) is 42.1 Å². The lowest BCUT2D eigenvalue weighted by molar-refractivity contribution is -0.121. The lowest BCUT2D eigenvalue weighted by Crippen LogP contribution is -2.28. The molecule has 0 saturated heterocycles. The number of hydrogen-bond donors (Lipinski definition) is 6. The molecule has 0 aliphatic heterocycles. The molecule has 2 aromatic rings. The minimum Gasteiger partial charge on any atom is -0.453 e. The van der Waals surface area contributed by atoms with Crippen molar-refractivity contribution in [2.24, 2.45) is 0 Å². The van der Waals surface area contributed by atoms with Crippen LogP contribution in [0.1, 0.15) is 66.6 Å². The fourth-order valence-corrected chi connectivity index (χ4v) is 5.91. The summed E-state index contributed by atoms with van der Waals surface area (Å²) in [6.07, 6.45) is 7.12. The lowest BCUT2D eigenvalue weighted by Gasteiger charge is -2.08.